The number of piperazine rings is 1. The molecule has 38 heavy (non-hydrogen) atoms. The van der Waals surface area contributed by atoms with Crippen LogP contribution in [0.5, 0.6) is 5.75 Å². The number of carboxylic acid groups (broad SMARTS) is 2. The molecule has 200 valence electrons. The highest BCUT2D eigenvalue weighted by Gasteiger charge is 2.18. The fourth-order valence-corrected chi connectivity index (χ4v) is 5.02. The molecule has 0 bridgehead atoms. The summed E-state index contributed by atoms with van der Waals surface area (Å²) in [4.78, 5) is 23.4. The van der Waals surface area contributed by atoms with Gasteiger partial charge in [-0.25, -0.2) is 9.59 Å². The van der Waals surface area contributed by atoms with E-state index in [0.29, 0.717) is 0 Å². The minimum absolute atomic E-state index is 0.717. The quantitative estimate of drug-likeness (QED) is 0.344. The van der Waals surface area contributed by atoms with Crippen LogP contribution in [0.25, 0.3) is 21.8 Å². The zero-order valence-corrected chi connectivity index (χ0v) is 22.0. The number of hydrogen-bond acceptors (Lipinski definition) is 5. The van der Waals surface area contributed by atoms with E-state index in [1.54, 1.807) is 0 Å². The molecule has 1 saturated heterocycles. The number of aromatic nitrogens is 1. The number of aryl methyl sites for hydroxylation is 1. The number of fused-ring (bicyclic) bond motifs is 3. The Morgan fingerprint density at radius 1 is 0.737 bits per heavy atom. The molecule has 1 fully saturated rings. The maximum atomic E-state index is 9.10. The van der Waals surface area contributed by atoms with E-state index in [4.69, 9.17) is 24.5 Å². The van der Waals surface area contributed by atoms with E-state index in [0.717, 1.165) is 58.2 Å². The van der Waals surface area contributed by atoms with Crippen LogP contribution in [-0.4, -0.2) is 69.3 Å². The SMILES string of the molecule is CCOc1ccc(CN2CCN(Cc3ccc4c(c3)c3ccccc3n4CC)CC2)cc1.O=C(O)C(=O)O. The number of carboxylic acids is 2. The molecule has 1 aromatic heterocycles. The van der Waals surface area contributed by atoms with E-state index in [-0.39, 0.29) is 0 Å². The molecule has 2 N–H and O–H groups in total. The van der Waals surface area contributed by atoms with Gasteiger partial charge in [-0.05, 0) is 55.3 Å². The second-order valence-corrected chi connectivity index (χ2v) is 9.35. The van der Waals surface area contributed by atoms with E-state index in [1.165, 1.54) is 32.9 Å². The monoisotopic (exact) mass is 517 g/mol. The van der Waals surface area contributed by atoms with Gasteiger partial charge in [-0.2, -0.15) is 0 Å². The third kappa shape index (κ3) is 6.51. The first-order valence-corrected chi connectivity index (χ1v) is 13.0. The summed E-state index contributed by atoms with van der Waals surface area (Å²) in [7, 11) is 0. The van der Waals surface area contributed by atoms with E-state index in [1.807, 2.05) is 6.92 Å². The molecule has 0 radical (unpaired) electrons. The molecule has 0 aliphatic carbocycles. The molecule has 1 aliphatic heterocycles. The number of hydrogen-bond donors (Lipinski definition) is 2. The van der Waals surface area contributed by atoms with Gasteiger partial charge in [0.1, 0.15) is 5.75 Å². The highest BCUT2D eigenvalue weighted by atomic mass is 16.5. The number of benzene rings is 3. The van der Waals surface area contributed by atoms with E-state index < -0.39 is 11.9 Å². The minimum Gasteiger partial charge on any atom is -0.494 e. The van der Waals surface area contributed by atoms with Crippen molar-refractivity contribution in [3.8, 4) is 5.75 Å². The lowest BCUT2D eigenvalue weighted by Crippen LogP contribution is -2.45. The van der Waals surface area contributed by atoms with Crippen LogP contribution < -0.4 is 4.74 Å². The third-order valence-electron chi connectivity index (χ3n) is 6.85. The van der Waals surface area contributed by atoms with Crippen molar-refractivity contribution >= 4 is 33.7 Å². The molecule has 8 heteroatoms. The van der Waals surface area contributed by atoms with Crippen LogP contribution >= 0.6 is 0 Å². The smallest absolute Gasteiger partial charge is 0.414 e. The number of aliphatic carboxylic acids is 2. The van der Waals surface area contributed by atoms with Crippen LogP contribution in [0.15, 0.2) is 66.7 Å². The predicted molar refractivity (Wildman–Crippen MR) is 149 cm³/mol. The van der Waals surface area contributed by atoms with Crippen molar-refractivity contribution in [3.05, 3.63) is 77.9 Å². The fraction of sp³-hybridized carbons (Fsp3) is 0.333. The summed E-state index contributed by atoms with van der Waals surface area (Å²) in [6, 6.07) is 24.4. The molecule has 0 spiro atoms. The molecule has 8 nitrogen and oxygen atoms in total. The zero-order chi connectivity index (χ0) is 27.1. The average molecular weight is 518 g/mol. The Kier molecular flexibility index (Phi) is 8.99. The summed E-state index contributed by atoms with van der Waals surface area (Å²) in [6.45, 7) is 12.5. The number of rotatable bonds is 7. The normalized spacial score (nSPS) is 14.3. The van der Waals surface area contributed by atoms with Crippen LogP contribution in [0.2, 0.25) is 0 Å². The fourth-order valence-electron chi connectivity index (χ4n) is 5.02. The van der Waals surface area contributed by atoms with Crippen LogP contribution in [0.1, 0.15) is 25.0 Å². The van der Waals surface area contributed by atoms with Crippen LogP contribution in [0, 0.1) is 0 Å². The maximum Gasteiger partial charge on any atom is 0.414 e. The molecule has 0 amide bonds. The van der Waals surface area contributed by atoms with Gasteiger partial charge >= 0.3 is 11.9 Å². The maximum absolute atomic E-state index is 9.10. The van der Waals surface area contributed by atoms with Crippen molar-refractivity contribution in [2.45, 2.75) is 33.5 Å². The Hall–Kier alpha value is -3.88. The van der Waals surface area contributed by atoms with Gasteiger partial charge in [0.15, 0.2) is 0 Å². The summed E-state index contributed by atoms with van der Waals surface area (Å²) in [5.74, 6) is -2.69. The highest BCUT2D eigenvalue weighted by Crippen LogP contribution is 2.30. The molecular formula is C30H35N3O5. The molecule has 3 aromatic carbocycles. The van der Waals surface area contributed by atoms with Gasteiger partial charge in [-0.15, -0.1) is 0 Å². The molecule has 5 rings (SSSR count). The standard InChI is InChI=1S/C28H33N3O.C2H2O4/c1-3-31-27-8-6-5-7-25(27)26-19-23(11-14-28(26)31)21-30-17-15-29(16-18-30)20-22-9-12-24(13-10-22)32-4-2;3-1(4)2(5)6/h5-14,19H,3-4,15-18,20-21H2,1-2H3;(H,3,4)(H,5,6). The van der Waals surface area contributed by atoms with Gasteiger partial charge in [-0.1, -0.05) is 36.4 Å². The average Bonchev–Trinajstić information content (AvgIpc) is 3.24. The number of nitrogens with zero attached hydrogens (tertiary/aromatic N) is 3. The van der Waals surface area contributed by atoms with Crippen molar-refractivity contribution in [1.82, 2.24) is 14.4 Å². The van der Waals surface area contributed by atoms with Gasteiger partial charge in [0, 0.05) is 67.6 Å². The predicted octanol–water partition coefficient (Wildman–Crippen LogP) is 4.69. The minimum atomic E-state index is -1.82. The molecule has 4 aromatic rings. The summed E-state index contributed by atoms with van der Waals surface area (Å²) in [5, 5.41) is 17.5. The van der Waals surface area contributed by atoms with Gasteiger partial charge in [0.25, 0.3) is 0 Å². The van der Waals surface area contributed by atoms with Crippen molar-refractivity contribution in [2.75, 3.05) is 32.8 Å². The molecule has 0 saturated carbocycles. The molecular weight excluding hydrogens is 482 g/mol. The van der Waals surface area contributed by atoms with Gasteiger partial charge in [0.2, 0.25) is 0 Å². The summed E-state index contributed by atoms with van der Waals surface area (Å²) >= 11 is 0. The lowest BCUT2D eigenvalue weighted by Gasteiger charge is -2.34. The van der Waals surface area contributed by atoms with E-state index in [2.05, 4.69) is 88.0 Å². The van der Waals surface area contributed by atoms with Crippen molar-refractivity contribution in [1.29, 1.82) is 0 Å². The van der Waals surface area contributed by atoms with Crippen LogP contribution in [-0.2, 0) is 29.2 Å². The number of para-hydroxylation sites is 1. The summed E-state index contributed by atoms with van der Waals surface area (Å²) in [6.07, 6.45) is 0. The molecule has 1 aliphatic rings. The Bertz CT molecular complexity index is 1380. The number of ether oxygens (including phenoxy) is 1. The van der Waals surface area contributed by atoms with Gasteiger partial charge in [-0.3, -0.25) is 9.80 Å². The lowest BCUT2D eigenvalue weighted by atomic mass is 10.1. The van der Waals surface area contributed by atoms with Crippen molar-refractivity contribution < 1.29 is 24.5 Å². The Labute approximate surface area is 222 Å². The van der Waals surface area contributed by atoms with Crippen LogP contribution in [0.3, 0.4) is 0 Å². The van der Waals surface area contributed by atoms with Crippen molar-refractivity contribution in [3.63, 3.8) is 0 Å². The molecule has 0 atom stereocenters. The number of carbonyl (C=O) groups is 2. The van der Waals surface area contributed by atoms with E-state index >= 15 is 0 Å². The van der Waals surface area contributed by atoms with Gasteiger partial charge in [0.05, 0.1) is 6.61 Å². The summed E-state index contributed by atoms with van der Waals surface area (Å²) in [5.41, 5.74) is 5.46. The van der Waals surface area contributed by atoms with Crippen LogP contribution in [0.4, 0.5) is 0 Å². The Balaban J connectivity index is 0.000000505. The third-order valence-corrected chi connectivity index (χ3v) is 6.85. The lowest BCUT2D eigenvalue weighted by molar-refractivity contribution is -0.159. The second-order valence-electron chi connectivity index (χ2n) is 9.35. The second kappa shape index (κ2) is 12.6. The summed E-state index contributed by atoms with van der Waals surface area (Å²) < 4.78 is 7.98. The first-order valence-electron chi connectivity index (χ1n) is 13.0. The van der Waals surface area contributed by atoms with E-state index in [9.17, 15) is 0 Å². The topological polar surface area (TPSA) is 95.2 Å². The molecule has 0 unspecified atom stereocenters. The van der Waals surface area contributed by atoms with Gasteiger partial charge < -0.3 is 19.5 Å². The Morgan fingerprint density at radius 2 is 1.29 bits per heavy atom. The first kappa shape index (κ1) is 27.2. The largest absolute Gasteiger partial charge is 0.494 e. The Morgan fingerprint density at radius 3 is 1.87 bits per heavy atom. The molecule has 2 heterocycles. The first-order chi connectivity index (χ1) is 18.4. The highest BCUT2D eigenvalue weighted by molar-refractivity contribution is 6.27. The zero-order valence-electron chi connectivity index (χ0n) is 22.0. The van der Waals surface area contributed by atoms with Crippen molar-refractivity contribution in [2.24, 2.45) is 0 Å².